The number of hydrogen-bond acceptors (Lipinski definition) is 4. The van der Waals surface area contributed by atoms with Gasteiger partial charge in [-0.25, -0.2) is 4.79 Å². The van der Waals surface area contributed by atoms with Crippen molar-refractivity contribution in [3.63, 3.8) is 0 Å². The molecule has 1 saturated heterocycles. The molecule has 1 spiro atoms. The Balaban J connectivity index is 1.49. The van der Waals surface area contributed by atoms with Gasteiger partial charge in [-0.15, -0.1) is 0 Å². The summed E-state index contributed by atoms with van der Waals surface area (Å²) in [6.07, 6.45) is 4.70. The molecule has 4 rings (SSSR count). The molecule has 0 bridgehead atoms. The second-order valence-corrected chi connectivity index (χ2v) is 8.25. The molecule has 1 aromatic heterocycles. The fraction of sp³-hybridized carbons (Fsp3) is 0.391. The van der Waals surface area contributed by atoms with E-state index in [1.807, 2.05) is 48.5 Å². The minimum Gasteiger partial charge on any atom is -0.342 e. The quantitative estimate of drug-likeness (QED) is 0.747. The maximum absolute atomic E-state index is 13.0. The van der Waals surface area contributed by atoms with Crippen LogP contribution >= 0.6 is 0 Å². The molecule has 2 heterocycles. The van der Waals surface area contributed by atoms with E-state index in [-0.39, 0.29) is 12.5 Å². The summed E-state index contributed by atoms with van der Waals surface area (Å²) >= 11 is 0. The summed E-state index contributed by atoms with van der Waals surface area (Å²) in [6, 6.07) is 14.1. The Bertz CT molecular complexity index is 884. The number of carbonyl (C=O) groups excluding carboxylic acids is 3. The zero-order valence-electron chi connectivity index (χ0n) is 17.0. The Morgan fingerprint density at radius 3 is 2.53 bits per heavy atom. The van der Waals surface area contributed by atoms with Crippen LogP contribution in [0.4, 0.5) is 4.79 Å². The predicted molar refractivity (Wildman–Crippen MR) is 111 cm³/mol. The fourth-order valence-corrected chi connectivity index (χ4v) is 4.28. The SMILES string of the molecule is CC1CCC2(CC1)NC(=O)N(CC(=O)N[C@H](c1ccccc1)c1ccccn1)C2=O. The Morgan fingerprint density at radius 1 is 1.17 bits per heavy atom. The molecular weight excluding hydrogens is 380 g/mol. The van der Waals surface area contributed by atoms with Crippen LogP contribution in [-0.4, -0.2) is 39.8 Å². The highest BCUT2D eigenvalue weighted by Gasteiger charge is 2.52. The van der Waals surface area contributed by atoms with Gasteiger partial charge in [-0.2, -0.15) is 0 Å². The Labute approximate surface area is 175 Å². The lowest BCUT2D eigenvalue weighted by Crippen LogP contribution is -2.50. The van der Waals surface area contributed by atoms with Crippen LogP contribution in [0.3, 0.4) is 0 Å². The van der Waals surface area contributed by atoms with E-state index in [4.69, 9.17) is 0 Å². The van der Waals surface area contributed by atoms with Crippen molar-refractivity contribution >= 4 is 17.8 Å². The lowest BCUT2D eigenvalue weighted by molar-refractivity contribution is -0.136. The molecule has 0 radical (unpaired) electrons. The number of nitrogens with one attached hydrogen (secondary N) is 2. The van der Waals surface area contributed by atoms with Gasteiger partial charge < -0.3 is 10.6 Å². The number of amides is 4. The molecule has 1 saturated carbocycles. The van der Waals surface area contributed by atoms with E-state index < -0.39 is 23.5 Å². The minimum absolute atomic E-state index is 0.288. The van der Waals surface area contributed by atoms with Gasteiger partial charge in [0.1, 0.15) is 12.1 Å². The first-order valence-electron chi connectivity index (χ1n) is 10.4. The number of benzene rings is 1. The van der Waals surface area contributed by atoms with Crippen LogP contribution in [0.5, 0.6) is 0 Å². The van der Waals surface area contributed by atoms with Crippen LogP contribution in [0.1, 0.15) is 49.9 Å². The highest BCUT2D eigenvalue weighted by atomic mass is 16.2. The van der Waals surface area contributed by atoms with Gasteiger partial charge in [-0.3, -0.25) is 19.5 Å². The highest BCUT2D eigenvalue weighted by Crippen LogP contribution is 2.36. The van der Waals surface area contributed by atoms with E-state index in [9.17, 15) is 14.4 Å². The van der Waals surface area contributed by atoms with Gasteiger partial charge in [-0.1, -0.05) is 43.3 Å². The summed E-state index contributed by atoms with van der Waals surface area (Å²) in [5.41, 5.74) is 0.718. The third-order valence-corrected chi connectivity index (χ3v) is 6.10. The van der Waals surface area contributed by atoms with Gasteiger partial charge in [0.15, 0.2) is 0 Å². The van der Waals surface area contributed by atoms with Crippen LogP contribution in [0.2, 0.25) is 0 Å². The Kier molecular flexibility index (Phi) is 5.53. The first-order valence-corrected chi connectivity index (χ1v) is 10.4. The van der Waals surface area contributed by atoms with Crippen LogP contribution in [-0.2, 0) is 9.59 Å². The third kappa shape index (κ3) is 3.92. The van der Waals surface area contributed by atoms with Crippen molar-refractivity contribution in [3.8, 4) is 0 Å². The minimum atomic E-state index is -0.844. The lowest BCUT2D eigenvalue weighted by Gasteiger charge is -2.33. The monoisotopic (exact) mass is 406 g/mol. The number of nitrogens with zero attached hydrogens (tertiary/aromatic N) is 2. The molecule has 4 amide bonds. The van der Waals surface area contributed by atoms with Crippen LogP contribution in [0.15, 0.2) is 54.7 Å². The van der Waals surface area contributed by atoms with Crippen LogP contribution in [0.25, 0.3) is 0 Å². The molecule has 1 aliphatic heterocycles. The zero-order chi connectivity index (χ0) is 21.1. The molecule has 1 aliphatic carbocycles. The highest BCUT2D eigenvalue weighted by molar-refractivity contribution is 6.09. The van der Waals surface area contributed by atoms with Crippen molar-refractivity contribution < 1.29 is 14.4 Å². The topological polar surface area (TPSA) is 91.4 Å². The van der Waals surface area contributed by atoms with Gasteiger partial charge in [-0.05, 0) is 49.3 Å². The van der Waals surface area contributed by atoms with Crippen LogP contribution < -0.4 is 10.6 Å². The summed E-state index contributed by atoms with van der Waals surface area (Å²) in [5.74, 6) is -0.148. The molecule has 7 nitrogen and oxygen atoms in total. The number of pyridine rings is 1. The molecule has 2 N–H and O–H groups in total. The van der Waals surface area contributed by atoms with E-state index in [1.165, 1.54) is 0 Å². The second kappa shape index (κ2) is 8.26. The molecule has 1 atom stereocenters. The lowest BCUT2D eigenvalue weighted by atomic mass is 9.77. The molecule has 30 heavy (non-hydrogen) atoms. The molecule has 2 fully saturated rings. The summed E-state index contributed by atoms with van der Waals surface area (Å²) in [5, 5.41) is 5.80. The molecule has 1 aromatic carbocycles. The van der Waals surface area contributed by atoms with Crippen molar-refractivity contribution in [2.75, 3.05) is 6.54 Å². The van der Waals surface area contributed by atoms with Crippen molar-refractivity contribution in [2.45, 2.75) is 44.2 Å². The van der Waals surface area contributed by atoms with E-state index in [1.54, 1.807) is 6.20 Å². The number of hydrogen-bond donors (Lipinski definition) is 2. The molecule has 156 valence electrons. The maximum Gasteiger partial charge on any atom is 0.325 e. The zero-order valence-corrected chi connectivity index (χ0v) is 17.0. The number of urea groups is 1. The van der Waals surface area contributed by atoms with Gasteiger partial charge in [0, 0.05) is 6.20 Å². The number of aromatic nitrogens is 1. The van der Waals surface area contributed by atoms with Gasteiger partial charge >= 0.3 is 6.03 Å². The number of rotatable bonds is 5. The Morgan fingerprint density at radius 2 is 1.87 bits per heavy atom. The van der Waals surface area contributed by atoms with Crippen LogP contribution in [0, 0.1) is 5.92 Å². The first-order chi connectivity index (χ1) is 14.5. The van der Waals surface area contributed by atoms with Gasteiger partial charge in [0.25, 0.3) is 5.91 Å². The van der Waals surface area contributed by atoms with E-state index >= 15 is 0 Å². The maximum atomic E-state index is 13.0. The van der Waals surface area contributed by atoms with Crippen molar-refractivity contribution in [1.29, 1.82) is 0 Å². The predicted octanol–water partition coefficient (Wildman–Crippen LogP) is 2.79. The van der Waals surface area contributed by atoms with Gasteiger partial charge in [0.2, 0.25) is 5.91 Å². The average molecular weight is 406 g/mol. The third-order valence-electron chi connectivity index (χ3n) is 6.10. The molecule has 7 heteroatoms. The summed E-state index contributed by atoms with van der Waals surface area (Å²) in [4.78, 5) is 43.8. The smallest absolute Gasteiger partial charge is 0.325 e. The Hall–Kier alpha value is -3.22. The molecular formula is C23H26N4O3. The van der Waals surface area contributed by atoms with Crippen molar-refractivity contribution in [3.05, 3.63) is 66.0 Å². The summed E-state index contributed by atoms with van der Waals surface area (Å²) < 4.78 is 0. The standard InChI is InChI=1S/C23H26N4O3/c1-16-10-12-23(13-11-16)21(29)27(22(30)26-23)15-19(28)25-20(17-7-3-2-4-8-17)18-9-5-6-14-24-18/h2-9,14,16,20H,10-13,15H2,1H3,(H,25,28)(H,26,30)/t16?,20-,23?/m1/s1. The molecule has 0 unspecified atom stereocenters. The number of carbonyl (C=O) groups is 3. The van der Waals surface area contributed by atoms with Crippen molar-refractivity contribution in [2.24, 2.45) is 5.92 Å². The van der Waals surface area contributed by atoms with E-state index in [2.05, 4.69) is 22.5 Å². The van der Waals surface area contributed by atoms with E-state index in [0.29, 0.717) is 24.5 Å². The van der Waals surface area contributed by atoms with Crippen molar-refractivity contribution in [1.82, 2.24) is 20.5 Å². The molecule has 2 aromatic rings. The van der Waals surface area contributed by atoms with Gasteiger partial charge in [0.05, 0.1) is 11.7 Å². The largest absolute Gasteiger partial charge is 0.342 e. The summed E-state index contributed by atoms with van der Waals surface area (Å²) in [6.45, 7) is 1.85. The first kappa shape index (κ1) is 20.1. The molecule has 2 aliphatic rings. The summed E-state index contributed by atoms with van der Waals surface area (Å²) in [7, 11) is 0. The fourth-order valence-electron chi connectivity index (χ4n) is 4.28. The second-order valence-electron chi connectivity index (χ2n) is 8.25. The number of imide groups is 1. The normalized spacial score (nSPS) is 24.6. The average Bonchev–Trinajstić information content (AvgIpc) is 2.99. The van der Waals surface area contributed by atoms with E-state index in [0.717, 1.165) is 23.3 Å².